The Morgan fingerprint density at radius 2 is 1.94 bits per heavy atom. The molecule has 1 heterocycles. The number of nitrogens with zero attached hydrogens (tertiary/aromatic N) is 2. The van der Waals surface area contributed by atoms with E-state index in [0.29, 0.717) is 16.3 Å². The first kappa shape index (κ1) is 22.2. The zero-order valence-corrected chi connectivity index (χ0v) is 16.8. The molecule has 3 rings (SSSR count). The van der Waals surface area contributed by atoms with Crippen LogP contribution in [0.3, 0.4) is 0 Å². The average molecular weight is 453 g/mol. The van der Waals surface area contributed by atoms with Crippen LogP contribution in [0.4, 0.5) is 30.6 Å². The molecular weight excluding hydrogens is 437 g/mol. The van der Waals surface area contributed by atoms with Crippen LogP contribution in [0.15, 0.2) is 48.5 Å². The van der Waals surface area contributed by atoms with Gasteiger partial charge in [0.05, 0.1) is 5.69 Å². The fourth-order valence-corrected chi connectivity index (χ4v) is 2.78. The van der Waals surface area contributed by atoms with Crippen LogP contribution in [0.5, 0.6) is 5.75 Å². The van der Waals surface area contributed by atoms with Gasteiger partial charge in [0.25, 0.3) is 0 Å². The fourth-order valence-electron chi connectivity index (χ4n) is 2.61. The topological polar surface area (TPSA) is 96.4 Å². The molecule has 0 aliphatic heterocycles. The lowest BCUT2D eigenvalue weighted by atomic mass is 10.1. The van der Waals surface area contributed by atoms with Gasteiger partial charge >= 0.3 is 12.3 Å². The van der Waals surface area contributed by atoms with Crippen molar-refractivity contribution in [1.82, 2.24) is 9.97 Å². The highest BCUT2D eigenvalue weighted by Crippen LogP contribution is 2.30. The SMILES string of the molecule is Cc1ccc(Cl)cc1Nc1cc(-c2cccc(OC(F)(F)F)c2)nc(NCC(=O)O)n1. The molecule has 11 heteroatoms. The molecule has 0 aliphatic carbocycles. The van der Waals surface area contributed by atoms with Crippen LogP contribution >= 0.6 is 11.6 Å². The Kier molecular flexibility index (Phi) is 6.50. The molecule has 3 N–H and O–H groups in total. The number of hydrogen-bond donors (Lipinski definition) is 3. The molecular formula is C20H16ClF3N4O3. The predicted molar refractivity (Wildman–Crippen MR) is 110 cm³/mol. The molecule has 0 saturated heterocycles. The normalized spacial score (nSPS) is 11.1. The van der Waals surface area contributed by atoms with Gasteiger partial charge in [-0.3, -0.25) is 4.79 Å². The average Bonchev–Trinajstić information content (AvgIpc) is 2.68. The zero-order chi connectivity index (χ0) is 22.6. The summed E-state index contributed by atoms with van der Waals surface area (Å²) >= 11 is 6.04. The largest absolute Gasteiger partial charge is 0.573 e. The number of anilines is 3. The molecule has 0 radical (unpaired) electrons. The molecule has 0 saturated carbocycles. The number of benzene rings is 2. The van der Waals surface area contributed by atoms with Gasteiger partial charge in [0, 0.05) is 22.3 Å². The van der Waals surface area contributed by atoms with Crippen molar-refractivity contribution >= 4 is 35.0 Å². The number of hydrogen-bond acceptors (Lipinski definition) is 6. The molecule has 0 bridgehead atoms. The van der Waals surface area contributed by atoms with Crippen LogP contribution in [-0.4, -0.2) is 34.0 Å². The van der Waals surface area contributed by atoms with Crippen molar-refractivity contribution in [2.24, 2.45) is 0 Å². The Balaban J connectivity index is 2.00. The van der Waals surface area contributed by atoms with Crippen molar-refractivity contribution in [2.45, 2.75) is 13.3 Å². The molecule has 2 aromatic carbocycles. The number of nitrogens with one attached hydrogen (secondary N) is 2. The van der Waals surface area contributed by atoms with Gasteiger partial charge in [-0.1, -0.05) is 29.8 Å². The molecule has 0 aliphatic rings. The number of ether oxygens (including phenoxy) is 1. The number of carbonyl (C=O) groups is 1. The molecule has 0 fully saturated rings. The smallest absolute Gasteiger partial charge is 0.480 e. The van der Waals surface area contributed by atoms with E-state index in [1.54, 1.807) is 24.3 Å². The summed E-state index contributed by atoms with van der Waals surface area (Å²) < 4.78 is 41.6. The van der Waals surface area contributed by atoms with E-state index >= 15 is 0 Å². The highest BCUT2D eigenvalue weighted by Gasteiger charge is 2.31. The molecule has 162 valence electrons. The Labute approximate surface area is 179 Å². The number of rotatable bonds is 7. The van der Waals surface area contributed by atoms with Gasteiger partial charge in [-0.05, 0) is 36.8 Å². The number of aliphatic carboxylic acids is 1. The van der Waals surface area contributed by atoms with Crippen LogP contribution in [0, 0.1) is 6.92 Å². The van der Waals surface area contributed by atoms with Crippen LogP contribution in [0.1, 0.15) is 5.56 Å². The summed E-state index contributed by atoms with van der Waals surface area (Å²) in [6.45, 7) is 1.40. The first-order chi connectivity index (χ1) is 14.6. The van der Waals surface area contributed by atoms with E-state index in [9.17, 15) is 18.0 Å². The Bertz CT molecular complexity index is 1110. The third kappa shape index (κ3) is 6.48. The molecule has 7 nitrogen and oxygen atoms in total. The lowest BCUT2D eigenvalue weighted by Crippen LogP contribution is -2.17. The fraction of sp³-hybridized carbons (Fsp3) is 0.150. The summed E-state index contributed by atoms with van der Waals surface area (Å²) in [5, 5.41) is 15.0. The summed E-state index contributed by atoms with van der Waals surface area (Å²) in [5.41, 5.74) is 2.08. The number of alkyl halides is 3. The van der Waals surface area contributed by atoms with E-state index in [4.69, 9.17) is 16.7 Å². The minimum absolute atomic E-state index is 0.0239. The van der Waals surface area contributed by atoms with Gasteiger partial charge in [-0.15, -0.1) is 13.2 Å². The van der Waals surface area contributed by atoms with Crippen molar-refractivity contribution in [2.75, 3.05) is 17.2 Å². The Morgan fingerprint density at radius 1 is 1.16 bits per heavy atom. The maximum absolute atomic E-state index is 12.6. The van der Waals surface area contributed by atoms with Crippen molar-refractivity contribution in [3.8, 4) is 17.0 Å². The van der Waals surface area contributed by atoms with Crippen LogP contribution in [0.25, 0.3) is 11.3 Å². The third-order valence-electron chi connectivity index (χ3n) is 3.95. The van der Waals surface area contributed by atoms with Crippen molar-refractivity contribution in [1.29, 1.82) is 0 Å². The Hall–Kier alpha value is -3.53. The monoisotopic (exact) mass is 452 g/mol. The van der Waals surface area contributed by atoms with Gasteiger partial charge in [0.1, 0.15) is 18.1 Å². The van der Waals surface area contributed by atoms with Crippen LogP contribution < -0.4 is 15.4 Å². The van der Waals surface area contributed by atoms with Gasteiger partial charge in [0.2, 0.25) is 5.95 Å². The minimum atomic E-state index is -4.84. The summed E-state index contributed by atoms with van der Waals surface area (Å²) in [4.78, 5) is 19.3. The van der Waals surface area contributed by atoms with Crippen molar-refractivity contribution < 1.29 is 27.8 Å². The molecule has 1 aromatic heterocycles. The quantitative estimate of drug-likeness (QED) is 0.451. The van der Waals surface area contributed by atoms with E-state index in [1.165, 1.54) is 18.2 Å². The van der Waals surface area contributed by atoms with Gasteiger partial charge < -0.3 is 20.5 Å². The van der Waals surface area contributed by atoms with E-state index in [-0.39, 0.29) is 17.5 Å². The lowest BCUT2D eigenvalue weighted by molar-refractivity contribution is -0.274. The molecule has 0 amide bonds. The molecule has 31 heavy (non-hydrogen) atoms. The standard InChI is InChI=1S/C20H16ClF3N4O3/c1-11-5-6-13(21)8-15(11)26-17-9-16(27-19(28-17)25-10-18(29)30)12-3-2-4-14(7-12)31-20(22,23)24/h2-9H,10H2,1H3,(H,29,30)(H2,25,26,27,28). The van der Waals surface area contributed by atoms with E-state index in [2.05, 4.69) is 25.3 Å². The maximum Gasteiger partial charge on any atom is 0.573 e. The molecule has 0 spiro atoms. The van der Waals surface area contributed by atoms with Crippen molar-refractivity contribution in [3.63, 3.8) is 0 Å². The van der Waals surface area contributed by atoms with Crippen molar-refractivity contribution in [3.05, 3.63) is 59.1 Å². The van der Waals surface area contributed by atoms with Crippen LogP contribution in [0.2, 0.25) is 5.02 Å². The molecule has 0 atom stereocenters. The zero-order valence-electron chi connectivity index (χ0n) is 16.0. The maximum atomic E-state index is 12.6. The van der Waals surface area contributed by atoms with E-state index < -0.39 is 24.6 Å². The summed E-state index contributed by atoms with van der Waals surface area (Å²) in [7, 11) is 0. The summed E-state index contributed by atoms with van der Waals surface area (Å²) in [6.07, 6.45) is -4.84. The number of aryl methyl sites for hydroxylation is 1. The summed E-state index contributed by atoms with van der Waals surface area (Å²) in [6, 6.07) is 12.0. The summed E-state index contributed by atoms with van der Waals surface area (Å²) in [5.74, 6) is -1.28. The number of halogens is 4. The van der Waals surface area contributed by atoms with Gasteiger partial charge in [0.15, 0.2) is 0 Å². The lowest BCUT2D eigenvalue weighted by Gasteiger charge is -2.13. The molecule has 0 unspecified atom stereocenters. The second kappa shape index (κ2) is 9.09. The third-order valence-corrected chi connectivity index (χ3v) is 4.18. The Morgan fingerprint density at radius 3 is 2.65 bits per heavy atom. The second-order valence-corrected chi connectivity index (χ2v) is 6.81. The minimum Gasteiger partial charge on any atom is -0.480 e. The second-order valence-electron chi connectivity index (χ2n) is 6.37. The first-order valence-corrected chi connectivity index (χ1v) is 9.21. The first-order valence-electron chi connectivity index (χ1n) is 8.83. The number of carboxylic acids is 1. The predicted octanol–water partition coefficient (Wildman–Crippen LogP) is 5.24. The van der Waals surface area contributed by atoms with Gasteiger partial charge in [-0.2, -0.15) is 4.98 Å². The highest BCUT2D eigenvalue weighted by molar-refractivity contribution is 6.30. The van der Waals surface area contributed by atoms with E-state index in [0.717, 1.165) is 11.6 Å². The number of carboxylic acid groups (broad SMARTS) is 1. The van der Waals surface area contributed by atoms with Crippen LogP contribution in [-0.2, 0) is 4.79 Å². The number of aromatic nitrogens is 2. The highest BCUT2D eigenvalue weighted by atomic mass is 35.5. The van der Waals surface area contributed by atoms with Gasteiger partial charge in [-0.25, -0.2) is 4.98 Å². The van der Waals surface area contributed by atoms with E-state index in [1.807, 2.05) is 6.92 Å². The molecule has 3 aromatic rings.